The van der Waals surface area contributed by atoms with E-state index >= 15 is 0 Å². The summed E-state index contributed by atoms with van der Waals surface area (Å²) in [4.78, 5) is 12.9. The molecule has 21 heavy (non-hydrogen) atoms. The second-order valence-electron chi connectivity index (χ2n) is 4.69. The number of hydrogen-bond acceptors (Lipinski definition) is 4. The Balaban J connectivity index is 1.86. The minimum Gasteiger partial charge on any atom is -0.324 e. The van der Waals surface area contributed by atoms with Crippen LogP contribution in [-0.4, -0.2) is 15.0 Å². The molecule has 0 saturated heterocycles. The summed E-state index contributed by atoms with van der Waals surface area (Å²) in [6, 6.07) is 14.0. The van der Waals surface area contributed by atoms with Crippen LogP contribution < -0.4 is 5.32 Å². The van der Waals surface area contributed by atoms with E-state index in [1.807, 2.05) is 30.3 Å². The first kappa shape index (κ1) is 13.2. The second-order valence-corrected chi connectivity index (χ2v) is 4.69. The lowest BCUT2D eigenvalue weighted by molar-refractivity contribution is 1.13. The average molecular weight is 276 g/mol. The quantitative estimate of drug-likeness (QED) is 0.786. The number of rotatable bonds is 4. The molecule has 2 heterocycles. The molecule has 1 N–H and O–H groups in total. The lowest BCUT2D eigenvalue weighted by Crippen LogP contribution is -1.98. The maximum Gasteiger partial charge on any atom is 0.227 e. The topological polar surface area (TPSA) is 50.7 Å². The van der Waals surface area contributed by atoms with E-state index in [4.69, 9.17) is 0 Å². The van der Waals surface area contributed by atoms with Crippen molar-refractivity contribution in [2.24, 2.45) is 0 Å². The number of nitrogens with zero attached hydrogens (tertiary/aromatic N) is 3. The predicted octanol–water partition coefficient (Wildman–Crippen LogP) is 3.84. The van der Waals surface area contributed by atoms with Crippen LogP contribution in [0.4, 0.5) is 11.6 Å². The van der Waals surface area contributed by atoms with Crippen molar-refractivity contribution >= 4 is 11.6 Å². The van der Waals surface area contributed by atoms with E-state index < -0.39 is 0 Å². The van der Waals surface area contributed by atoms with Crippen LogP contribution in [0.25, 0.3) is 11.3 Å². The fourth-order valence-electron chi connectivity index (χ4n) is 2.09. The molecule has 0 spiro atoms. The van der Waals surface area contributed by atoms with Gasteiger partial charge in [-0.05, 0) is 42.3 Å². The first-order chi connectivity index (χ1) is 10.3. The minimum absolute atomic E-state index is 0.588. The molecule has 0 aliphatic rings. The molecular formula is C17H16N4. The van der Waals surface area contributed by atoms with Gasteiger partial charge in [0.1, 0.15) is 0 Å². The number of nitrogens with one attached hydrogen (secondary N) is 1. The van der Waals surface area contributed by atoms with Gasteiger partial charge < -0.3 is 5.32 Å². The monoisotopic (exact) mass is 276 g/mol. The number of hydrogen-bond donors (Lipinski definition) is 1. The zero-order valence-electron chi connectivity index (χ0n) is 11.8. The Hall–Kier alpha value is -2.75. The summed E-state index contributed by atoms with van der Waals surface area (Å²) in [5, 5.41) is 3.25. The standard InChI is InChI=1S/C17H16N4/c1-2-13-5-3-7-15(11-13)20-17-19-10-8-16(21-17)14-6-4-9-18-12-14/h3-12H,2H2,1H3,(H,19,20,21). The number of benzene rings is 1. The molecular weight excluding hydrogens is 260 g/mol. The molecule has 2 aromatic heterocycles. The summed E-state index contributed by atoms with van der Waals surface area (Å²) in [5.41, 5.74) is 4.11. The molecule has 0 radical (unpaired) electrons. The number of aryl methyl sites for hydroxylation is 1. The van der Waals surface area contributed by atoms with Gasteiger partial charge in [-0.2, -0.15) is 0 Å². The molecule has 3 aromatic rings. The molecule has 0 aliphatic heterocycles. The summed E-state index contributed by atoms with van der Waals surface area (Å²) < 4.78 is 0. The van der Waals surface area contributed by atoms with Crippen LogP contribution in [0.5, 0.6) is 0 Å². The molecule has 104 valence electrons. The Morgan fingerprint density at radius 2 is 2.00 bits per heavy atom. The van der Waals surface area contributed by atoms with Crippen molar-refractivity contribution in [1.82, 2.24) is 15.0 Å². The third kappa shape index (κ3) is 3.23. The first-order valence-electron chi connectivity index (χ1n) is 6.94. The van der Waals surface area contributed by atoms with Crippen LogP contribution in [0, 0.1) is 0 Å². The SMILES string of the molecule is CCc1cccc(Nc2nccc(-c3cccnc3)n2)c1. The molecule has 4 nitrogen and oxygen atoms in total. The van der Waals surface area contributed by atoms with E-state index in [2.05, 4.69) is 39.3 Å². The average Bonchev–Trinajstić information content (AvgIpc) is 2.56. The molecule has 0 bridgehead atoms. The van der Waals surface area contributed by atoms with Gasteiger partial charge in [0, 0.05) is 29.8 Å². The van der Waals surface area contributed by atoms with Gasteiger partial charge in [0.05, 0.1) is 5.69 Å². The minimum atomic E-state index is 0.588. The maximum absolute atomic E-state index is 4.53. The zero-order chi connectivity index (χ0) is 14.5. The van der Waals surface area contributed by atoms with Crippen molar-refractivity contribution in [3.8, 4) is 11.3 Å². The Kier molecular flexibility index (Phi) is 3.87. The first-order valence-corrected chi connectivity index (χ1v) is 6.94. The van der Waals surface area contributed by atoms with Gasteiger partial charge in [-0.3, -0.25) is 4.98 Å². The van der Waals surface area contributed by atoms with E-state index in [1.54, 1.807) is 18.6 Å². The number of aromatic nitrogens is 3. The molecule has 0 aliphatic carbocycles. The van der Waals surface area contributed by atoms with Crippen LogP contribution in [0.3, 0.4) is 0 Å². The Bertz CT molecular complexity index is 726. The fourth-order valence-corrected chi connectivity index (χ4v) is 2.09. The Morgan fingerprint density at radius 3 is 2.81 bits per heavy atom. The highest BCUT2D eigenvalue weighted by molar-refractivity contribution is 5.61. The van der Waals surface area contributed by atoms with E-state index in [-0.39, 0.29) is 0 Å². The highest BCUT2D eigenvalue weighted by Gasteiger charge is 2.03. The van der Waals surface area contributed by atoms with Gasteiger partial charge in [0.2, 0.25) is 5.95 Å². The van der Waals surface area contributed by atoms with Gasteiger partial charge in [0.25, 0.3) is 0 Å². The molecule has 1 aromatic carbocycles. The summed E-state index contributed by atoms with van der Waals surface area (Å²) in [5.74, 6) is 0.588. The highest BCUT2D eigenvalue weighted by atomic mass is 15.1. The lowest BCUT2D eigenvalue weighted by atomic mass is 10.1. The van der Waals surface area contributed by atoms with Crippen molar-refractivity contribution in [2.75, 3.05) is 5.32 Å². The molecule has 0 amide bonds. The normalized spacial score (nSPS) is 10.3. The fraction of sp³-hybridized carbons (Fsp3) is 0.118. The van der Waals surface area contributed by atoms with Crippen molar-refractivity contribution < 1.29 is 0 Å². The number of anilines is 2. The van der Waals surface area contributed by atoms with Gasteiger partial charge >= 0.3 is 0 Å². The molecule has 3 rings (SSSR count). The zero-order valence-corrected chi connectivity index (χ0v) is 11.8. The van der Waals surface area contributed by atoms with E-state index in [0.717, 1.165) is 23.4 Å². The van der Waals surface area contributed by atoms with Gasteiger partial charge in [-0.1, -0.05) is 19.1 Å². The Morgan fingerprint density at radius 1 is 1.05 bits per heavy atom. The lowest BCUT2D eigenvalue weighted by Gasteiger charge is -2.07. The smallest absolute Gasteiger partial charge is 0.227 e. The van der Waals surface area contributed by atoms with Crippen molar-refractivity contribution in [3.05, 3.63) is 66.6 Å². The van der Waals surface area contributed by atoms with Gasteiger partial charge in [0.15, 0.2) is 0 Å². The molecule has 0 fully saturated rings. The molecule has 0 saturated carbocycles. The van der Waals surface area contributed by atoms with Crippen molar-refractivity contribution in [2.45, 2.75) is 13.3 Å². The summed E-state index contributed by atoms with van der Waals surface area (Å²) >= 11 is 0. The van der Waals surface area contributed by atoms with Gasteiger partial charge in [-0.25, -0.2) is 9.97 Å². The summed E-state index contributed by atoms with van der Waals surface area (Å²) in [6.07, 6.45) is 6.30. The van der Waals surface area contributed by atoms with Crippen LogP contribution >= 0.6 is 0 Å². The maximum atomic E-state index is 4.53. The second kappa shape index (κ2) is 6.13. The third-order valence-corrected chi connectivity index (χ3v) is 3.20. The van der Waals surface area contributed by atoms with Crippen molar-refractivity contribution in [3.63, 3.8) is 0 Å². The van der Waals surface area contributed by atoms with Crippen LogP contribution in [-0.2, 0) is 6.42 Å². The highest BCUT2D eigenvalue weighted by Crippen LogP contribution is 2.19. The van der Waals surface area contributed by atoms with Crippen LogP contribution in [0.2, 0.25) is 0 Å². The third-order valence-electron chi connectivity index (χ3n) is 3.20. The Labute approximate surface area is 123 Å². The van der Waals surface area contributed by atoms with Gasteiger partial charge in [-0.15, -0.1) is 0 Å². The summed E-state index contributed by atoms with van der Waals surface area (Å²) in [6.45, 7) is 2.14. The van der Waals surface area contributed by atoms with Crippen LogP contribution in [0.15, 0.2) is 61.1 Å². The van der Waals surface area contributed by atoms with Crippen LogP contribution in [0.1, 0.15) is 12.5 Å². The number of pyridine rings is 1. The predicted molar refractivity (Wildman–Crippen MR) is 84.4 cm³/mol. The molecule has 0 unspecified atom stereocenters. The molecule has 0 atom stereocenters. The summed E-state index contributed by atoms with van der Waals surface area (Å²) in [7, 11) is 0. The van der Waals surface area contributed by atoms with E-state index in [9.17, 15) is 0 Å². The van der Waals surface area contributed by atoms with E-state index in [0.29, 0.717) is 5.95 Å². The van der Waals surface area contributed by atoms with E-state index in [1.165, 1.54) is 5.56 Å². The molecule has 4 heteroatoms. The van der Waals surface area contributed by atoms with Crippen molar-refractivity contribution in [1.29, 1.82) is 0 Å². The largest absolute Gasteiger partial charge is 0.324 e.